The van der Waals surface area contributed by atoms with Gasteiger partial charge >= 0.3 is 0 Å². The molecule has 0 bridgehead atoms. The maximum atomic E-state index is 13.3. The maximum Gasteiger partial charge on any atom is 0.124 e. The molecule has 100 valence electrons. The molecule has 1 N–H and O–H groups in total. The van der Waals surface area contributed by atoms with Crippen LogP contribution in [0.4, 0.5) is 4.39 Å². The number of hydrogen-bond acceptors (Lipinski definition) is 1. The molecule has 2 aromatic rings. The van der Waals surface area contributed by atoms with Crippen molar-refractivity contribution < 1.29 is 4.39 Å². The van der Waals surface area contributed by atoms with E-state index in [4.69, 9.17) is 11.6 Å². The van der Waals surface area contributed by atoms with Crippen LogP contribution in [-0.2, 0) is 6.54 Å². The lowest BCUT2D eigenvalue weighted by Crippen LogP contribution is -2.18. The number of rotatable bonds is 4. The number of halogens is 3. The molecule has 0 saturated carbocycles. The normalized spacial score (nSPS) is 12.4. The second-order valence-corrected chi connectivity index (χ2v) is 5.79. The molecule has 2 aromatic carbocycles. The minimum Gasteiger partial charge on any atom is -0.306 e. The topological polar surface area (TPSA) is 12.0 Å². The van der Waals surface area contributed by atoms with Crippen molar-refractivity contribution in [3.63, 3.8) is 0 Å². The first-order valence-electron chi connectivity index (χ1n) is 5.98. The molecule has 1 unspecified atom stereocenters. The monoisotopic (exact) mass is 341 g/mol. The third-order valence-corrected chi connectivity index (χ3v) is 3.58. The van der Waals surface area contributed by atoms with Gasteiger partial charge in [-0.15, -0.1) is 0 Å². The molecule has 0 aromatic heterocycles. The molecule has 1 nitrogen and oxygen atoms in total. The van der Waals surface area contributed by atoms with Crippen molar-refractivity contribution >= 4 is 27.5 Å². The lowest BCUT2D eigenvalue weighted by atomic mass is 10.1. The van der Waals surface area contributed by atoms with Gasteiger partial charge in [0, 0.05) is 22.1 Å². The Morgan fingerprint density at radius 1 is 1.26 bits per heavy atom. The van der Waals surface area contributed by atoms with Gasteiger partial charge in [0.2, 0.25) is 0 Å². The molecule has 0 amide bonds. The first kappa shape index (κ1) is 14.5. The highest BCUT2D eigenvalue weighted by Crippen LogP contribution is 2.19. The molecule has 0 radical (unpaired) electrons. The van der Waals surface area contributed by atoms with Crippen LogP contribution < -0.4 is 5.32 Å². The van der Waals surface area contributed by atoms with Crippen LogP contribution in [0, 0.1) is 5.82 Å². The van der Waals surface area contributed by atoms with Gasteiger partial charge in [0.25, 0.3) is 0 Å². The SMILES string of the molecule is CC(NCc1cc(F)cc(Br)c1)c1cccc(Cl)c1. The average Bonchev–Trinajstić information content (AvgIpc) is 2.35. The zero-order valence-electron chi connectivity index (χ0n) is 10.5. The summed E-state index contributed by atoms with van der Waals surface area (Å²) in [6.45, 7) is 2.66. The molecule has 1 atom stereocenters. The van der Waals surface area contributed by atoms with E-state index in [-0.39, 0.29) is 11.9 Å². The second kappa shape index (κ2) is 6.51. The zero-order valence-corrected chi connectivity index (χ0v) is 12.8. The average molecular weight is 343 g/mol. The van der Waals surface area contributed by atoms with Crippen molar-refractivity contribution in [2.75, 3.05) is 0 Å². The number of benzene rings is 2. The van der Waals surface area contributed by atoms with Crippen LogP contribution in [-0.4, -0.2) is 0 Å². The summed E-state index contributed by atoms with van der Waals surface area (Å²) in [7, 11) is 0. The maximum absolute atomic E-state index is 13.3. The summed E-state index contributed by atoms with van der Waals surface area (Å²) in [5, 5.41) is 4.07. The molecule has 0 aliphatic rings. The Morgan fingerprint density at radius 2 is 2.05 bits per heavy atom. The van der Waals surface area contributed by atoms with Crippen LogP contribution in [0.15, 0.2) is 46.9 Å². The summed E-state index contributed by atoms with van der Waals surface area (Å²) in [6, 6.07) is 12.8. The second-order valence-electron chi connectivity index (χ2n) is 4.44. The summed E-state index contributed by atoms with van der Waals surface area (Å²) < 4.78 is 14.0. The Balaban J connectivity index is 2.02. The van der Waals surface area contributed by atoms with Crippen molar-refractivity contribution in [2.24, 2.45) is 0 Å². The van der Waals surface area contributed by atoms with Crippen LogP contribution in [0.5, 0.6) is 0 Å². The van der Waals surface area contributed by atoms with E-state index in [0.29, 0.717) is 6.54 Å². The standard InChI is InChI=1S/C15H14BrClFN/c1-10(12-3-2-4-14(17)7-12)19-9-11-5-13(16)8-15(18)6-11/h2-8,10,19H,9H2,1H3. The largest absolute Gasteiger partial charge is 0.306 e. The quantitative estimate of drug-likeness (QED) is 0.816. The highest BCUT2D eigenvalue weighted by atomic mass is 79.9. The summed E-state index contributed by atoms with van der Waals surface area (Å²) in [4.78, 5) is 0. The van der Waals surface area contributed by atoms with Crippen LogP contribution in [0.2, 0.25) is 5.02 Å². The predicted octanol–water partition coefficient (Wildman–Crippen LogP) is 5.09. The summed E-state index contributed by atoms with van der Waals surface area (Å²) in [5.74, 6) is -0.235. The summed E-state index contributed by atoms with van der Waals surface area (Å²) >= 11 is 9.25. The minimum atomic E-state index is -0.235. The highest BCUT2D eigenvalue weighted by molar-refractivity contribution is 9.10. The van der Waals surface area contributed by atoms with Gasteiger partial charge in [0.1, 0.15) is 5.82 Å². The molecule has 0 saturated heterocycles. The minimum absolute atomic E-state index is 0.153. The fourth-order valence-electron chi connectivity index (χ4n) is 1.88. The van der Waals surface area contributed by atoms with Crippen molar-refractivity contribution in [1.29, 1.82) is 0 Å². The van der Waals surface area contributed by atoms with Gasteiger partial charge in [-0.1, -0.05) is 39.7 Å². The highest BCUT2D eigenvalue weighted by Gasteiger charge is 2.06. The fourth-order valence-corrected chi connectivity index (χ4v) is 2.59. The van der Waals surface area contributed by atoms with Crippen LogP contribution >= 0.6 is 27.5 Å². The van der Waals surface area contributed by atoms with E-state index in [1.54, 1.807) is 0 Å². The van der Waals surface area contributed by atoms with E-state index in [1.165, 1.54) is 12.1 Å². The Kier molecular flexibility index (Phi) is 4.97. The Morgan fingerprint density at radius 3 is 2.74 bits per heavy atom. The first-order valence-corrected chi connectivity index (χ1v) is 7.15. The Labute approximate surface area is 125 Å². The molecular formula is C15H14BrClFN. The zero-order chi connectivity index (χ0) is 13.8. The van der Waals surface area contributed by atoms with Gasteiger partial charge in [0.05, 0.1) is 0 Å². The van der Waals surface area contributed by atoms with Crippen molar-refractivity contribution in [3.05, 3.63) is 68.9 Å². The number of nitrogens with one attached hydrogen (secondary N) is 1. The Bertz CT molecular complexity index is 554. The molecule has 4 heteroatoms. The van der Waals surface area contributed by atoms with Gasteiger partial charge in [0.15, 0.2) is 0 Å². The Hall–Kier alpha value is -0.900. The van der Waals surface area contributed by atoms with Gasteiger partial charge in [-0.05, 0) is 48.4 Å². The van der Waals surface area contributed by atoms with E-state index < -0.39 is 0 Å². The van der Waals surface area contributed by atoms with Gasteiger partial charge in [-0.25, -0.2) is 4.39 Å². The van der Waals surface area contributed by atoms with E-state index in [0.717, 1.165) is 20.6 Å². The van der Waals surface area contributed by atoms with Crippen molar-refractivity contribution in [3.8, 4) is 0 Å². The van der Waals surface area contributed by atoms with Crippen LogP contribution in [0.1, 0.15) is 24.1 Å². The first-order chi connectivity index (χ1) is 9.04. The van der Waals surface area contributed by atoms with E-state index in [1.807, 2.05) is 30.3 Å². The van der Waals surface area contributed by atoms with Crippen molar-refractivity contribution in [2.45, 2.75) is 19.5 Å². The van der Waals surface area contributed by atoms with Crippen LogP contribution in [0.3, 0.4) is 0 Å². The lowest BCUT2D eigenvalue weighted by Gasteiger charge is -2.15. The third-order valence-electron chi connectivity index (χ3n) is 2.88. The van der Waals surface area contributed by atoms with E-state index in [2.05, 4.69) is 28.2 Å². The molecule has 0 aliphatic heterocycles. The number of hydrogen-bond donors (Lipinski definition) is 1. The molecular weight excluding hydrogens is 329 g/mol. The molecule has 19 heavy (non-hydrogen) atoms. The van der Waals surface area contributed by atoms with Gasteiger partial charge < -0.3 is 5.32 Å². The summed E-state index contributed by atoms with van der Waals surface area (Å²) in [6.07, 6.45) is 0. The summed E-state index contributed by atoms with van der Waals surface area (Å²) in [5.41, 5.74) is 2.02. The molecule has 2 rings (SSSR count). The molecule has 0 spiro atoms. The van der Waals surface area contributed by atoms with Crippen LogP contribution in [0.25, 0.3) is 0 Å². The molecule has 0 heterocycles. The smallest absolute Gasteiger partial charge is 0.124 e. The third kappa shape index (κ3) is 4.30. The van der Waals surface area contributed by atoms with Gasteiger partial charge in [-0.3, -0.25) is 0 Å². The molecule has 0 aliphatic carbocycles. The van der Waals surface area contributed by atoms with E-state index in [9.17, 15) is 4.39 Å². The van der Waals surface area contributed by atoms with E-state index >= 15 is 0 Å². The lowest BCUT2D eigenvalue weighted by molar-refractivity contribution is 0.569. The fraction of sp³-hybridized carbons (Fsp3) is 0.200. The predicted molar refractivity (Wildman–Crippen MR) is 80.8 cm³/mol. The molecule has 0 fully saturated rings. The van der Waals surface area contributed by atoms with Crippen molar-refractivity contribution in [1.82, 2.24) is 5.32 Å². The van der Waals surface area contributed by atoms with Gasteiger partial charge in [-0.2, -0.15) is 0 Å².